The molecule has 2 atom stereocenters. The highest BCUT2D eigenvalue weighted by Crippen LogP contribution is 2.30. The van der Waals surface area contributed by atoms with E-state index in [2.05, 4.69) is 21.5 Å². The normalized spacial score (nSPS) is 21.6. The van der Waals surface area contributed by atoms with Gasteiger partial charge < -0.3 is 10.6 Å². The molecule has 2 unspecified atom stereocenters. The molecule has 1 heterocycles. The Morgan fingerprint density at radius 2 is 1.70 bits per heavy atom. The number of hydrogen-bond acceptors (Lipinski definition) is 4. The van der Waals surface area contributed by atoms with Gasteiger partial charge in [0.05, 0.1) is 12.0 Å². The number of hydrazine groups is 1. The zero-order valence-corrected chi connectivity index (χ0v) is 15.1. The van der Waals surface area contributed by atoms with Gasteiger partial charge in [-0.05, 0) is 36.1 Å². The van der Waals surface area contributed by atoms with Gasteiger partial charge in [0.2, 0.25) is 11.8 Å². The second-order valence-electron chi connectivity index (χ2n) is 7.20. The van der Waals surface area contributed by atoms with Gasteiger partial charge in [-0.25, -0.2) is 5.43 Å². The Balaban J connectivity index is 1.31. The summed E-state index contributed by atoms with van der Waals surface area (Å²) in [6, 6.07) is 17.6. The minimum absolute atomic E-state index is 0.0208. The molecule has 0 aromatic heterocycles. The molecule has 0 spiro atoms. The summed E-state index contributed by atoms with van der Waals surface area (Å²) in [7, 11) is 0. The van der Waals surface area contributed by atoms with Gasteiger partial charge in [0, 0.05) is 24.7 Å². The second-order valence-corrected chi connectivity index (χ2v) is 7.20. The van der Waals surface area contributed by atoms with E-state index in [1.54, 1.807) is 0 Å². The third-order valence-electron chi connectivity index (χ3n) is 5.11. The van der Waals surface area contributed by atoms with E-state index < -0.39 is 0 Å². The van der Waals surface area contributed by atoms with Gasteiger partial charge in [-0.15, -0.1) is 0 Å². The van der Waals surface area contributed by atoms with Crippen LogP contribution in [-0.4, -0.2) is 18.4 Å². The molecule has 140 valence electrons. The minimum atomic E-state index is -0.162. The smallest absolute Gasteiger partial charge is 0.227 e. The maximum Gasteiger partial charge on any atom is 0.227 e. The third-order valence-corrected chi connectivity index (χ3v) is 5.11. The highest BCUT2D eigenvalue weighted by molar-refractivity contribution is 5.94. The molecule has 1 saturated carbocycles. The Morgan fingerprint density at radius 3 is 2.41 bits per heavy atom. The molecule has 1 aliphatic carbocycles. The highest BCUT2D eigenvalue weighted by Gasteiger charge is 2.33. The molecule has 6 heteroatoms. The molecule has 1 aliphatic heterocycles. The van der Waals surface area contributed by atoms with Crippen molar-refractivity contribution >= 4 is 17.5 Å². The number of nitrogens with one attached hydrogen (secondary N) is 4. The zero-order chi connectivity index (χ0) is 18.6. The first-order chi connectivity index (χ1) is 13.2. The standard InChI is InChI=1S/C21H24N4O2/c26-20(16-8-9-16)24-17-10-6-14(7-11-17)12-22-21(27)18-13-23-25-19(18)15-4-2-1-3-5-15/h1-7,10-11,16,18-19,23,25H,8-9,12-13H2,(H,22,27)(H,24,26). The summed E-state index contributed by atoms with van der Waals surface area (Å²) in [5.41, 5.74) is 9.18. The lowest BCUT2D eigenvalue weighted by Gasteiger charge is -2.18. The van der Waals surface area contributed by atoms with Crippen LogP contribution in [0, 0.1) is 11.8 Å². The van der Waals surface area contributed by atoms with E-state index in [4.69, 9.17) is 0 Å². The number of amides is 2. The van der Waals surface area contributed by atoms with E-state index in [1.165, 1.54) is 0 Å². The van der Waals surface area contributed by atoms with Gasteiger partial charge in [0.15, 0.2) is 0 Å². The van der Waals surface area contributed by atoms with Crippen LogP contribution in [0.15, 0.2) is 54.6 Å². The van der Waals surface area contributed by atoms with Crippen molar-refractivity contribution in [2.24, 2.45) is 11.8 Å². The fourth-order valence-corrected chi connectivity index (χ4v) is 3.33. The molecule has 2 fully saturated rings. The van der Waals surface area contributed by atoms with Crippen LogP contribution in [0.5, 0.6) is 0 Å². The van der Waals surface area contributed by atoms with Gasteiger partial charge in [-0.1, -0.05) is 42.5 Å². The lowest BCUT2D eigenvalue weighted by molar-refractivity contribution is -0.125. The third kappa shape index (κ3) is 4.35. The number of rotatable bonds is 6. The van der Waals surface area contributed by atoms with Gasteiger partial charge >= 0.3 is 0 Å². The summed E-state index contributed by atoms with van der Waals surface area (Å²) in [4.78, 5) is 24.4. The molecule has 2 amide bonds. The van der Waals surface area contributed by atoms with Crippen LogP contribution in [0.1, 0.15) is 30.0 Å². The first-order valence-electron chi connectivity index (χ1n) is 9.41. The van der Waals surface area contributed by atoms with Gasteiger partial charge in [-0.2, -0.15) is 0 Å². The SMILES string of the molecule is O=C(Nc1ccc(CNC(=O)C2CNNC2c2ccccc2)cc1)C1CC1. The fraction of sp³-hybridized carbons (Fsp3) is 0.333. The molecular formula is C21H24N4O2. The van der Waals surface area contributed by atoms with Crippen LogP contribution in [0.2, 0.25) is 0 Å². The quantitative estimate of drug-likeness (QED) is 0.633. The summed E-state index contributed by atoms with van der Waals surface area (Å²) >= 11 is 0. The molecule has 0 radical (unpaired) electrons. The minimum Gasteiger partial charge on any atom is -0.352 e. The first kappa shape index (κ1) is 17.7. The molecule has 2 aliphatic rings. The molecule has 6 nitrogen and oxygen atoms in total. The van der Waals surface area contributed by atoms with E-state index in [0.717, 1.165) is 29.7 Å². The van der Waals surface area contributed by atoms with Crippen molar-refractivity contribution in [2.75, 3.05) is 11.9 Å². The fourth-order valence-electron chi connectivity index (χ4n) is 3.33. The van der Waals surface area contributed by atoms with Crippen molar-refractivity contribution in [1.82, 2.24) is 16.2 Å². The zero-order valence-electron chi connectivity index (χ0n) is 15.1. The Labute approximate surface area is 158 Å². The molecule has 2 aromatic rings. The van der Waals surface area contributed by atoms with Gasteiger partial charge in [-0.3, -0.25) is 15.0 Å². The van der Waals surface area contributed by atoms with Crippen molar-refractivity contribution in [3.05, 3.63) is 65.7 Å². The topological polar surface area (TPSA) is 82.3 Å². The Bertz CT molecular complexity index is 803. The van der Waals surface area contributed by atoms with E-state index in [0.29, 0.717) is 13.1 Å². The highest BCUT2D eigenvalue weighted by atomic mass is 16.2. The van der Waals surface area contributed by atoms with Crippen LogP contribution < -0.4 is 21.5 Å². The van der Waals surface area contributed by atoms with Crippen molar-refractivity contribution < 1.29 is 9.59 Å². The second kappa shape index (κ2) is 7.90. The Hall–Kier alpha value is -2.70. The summed E-state index contributed by atoms with van der Waals surface area (Å²) in [5, 5.41) is 5.94. The van der Waals surface area contributed by atoms with Crippen molar-refractivity contribution in [2.45, 2.75) is 25.4 Å². The van der Waals surface area contributed by atoms with Crippen LogP contribution in [0.25, 0.3) is 0 Å². The molecule has 2 aromatic carbocycles. The van der Waals surface area contributed by atoms with Crippen LogP contribution >= 0.6 is 0 Å². The summed E-state index contributed by atoms with van der Waals surface area (Å²) in [6.07, 6.45) is 1.98. The van der Waals surface area contributed by atoms with Crippen LogP contribution in [0.4, 0.5) is 5.69 Å². The number of carbonyl (C=O) groups excluding carboxylic acids is 2. The molecule has 4 rings (SSSR count). The van der Waals surface area contributed by atoms with E-state index >= 15 is 0 Å². The molecule has 27 heavy (non-hydrogen) atoms. The Kier molecular flexibility index (Phi) is 5.18. The maximum absolute atomic E-state index is 12.6. The summed E-state index contributed by atoms with van der Waals surface area (Å²) in [5.74, 6) is 0.149. The van der Waals surface area contributed by atoms with Crippen molar-refractivity contribution in [3.8, 4) is 0 Å². The van der Waals surface area contributed by atoms with Gasteiger partial charge in [0.1, 0.15) is 0 Å². The first-order valence-corrected chi connectivity index (χ1v) is 9.41. The van der Waals surface area contributed by atoms with E-state index in [1.807, 2.05) is 54.6 Å². The van der Waals surface area contributed by atoms with Crippen LogP contribution in [-0.2, 0) is 16.1 Å². The largest absolute Gasteiger partial charge is 0.352 e. The van der Waals surface area contributed by atoms with E-state index in [9.17, 15) is 9.59 Å². The number of benzene rings is 2. The molecule has 0 bridgehead atoms. The average molecular weight is 364 g/mol. The molecule has 1 saturated heterocycles. The lowest BCUT2D eigenvalue weighted by Crippen LogP contribution is -2.34. The van der Waals surface area contributed by atoms with Crippen LogP contribution in [0.3, 0.4) is 0 Å². The number of carbonyl (C=O) groups is 2. The number of anilines is 1. The van der Waals surface area contributed by atoms with Crippen molar-refractivity contribution in [1.29, 1.82) is 0 Å². The Morgan fingerprint density at radius 1 is 0.963 bits per heavy atom. The summed E-state index contributed by atoms with van der Waals surface area (Å²) in [6.45, 7) is 1.06. The molecular weight excluding hydrogens is 340 g/mol. The van der Waals surface area contributed by atoms with Gasteiger partial charge in [0.25, 0.3) is 0 Å². The lowest BCUT2D eigenvalue weighted by atomic mass is 9.94. The number of hydrogen-bond donors (Lipinski definition) is 4. The van der Waals surface area contributed by atoms with Crippen molar-refractivity contribution in [3.63, 3.8) is 0 Å². The summed E-state index contributed by atoms with van der Waals surface area (Å²) < 4.78 is 0. The average Bonchev–Trinajstić information content (AvgIpc) is 3.44. The monoisotopic (exact) mass is 364 g/mol. The van der Waals surface area contributed by atoms with E-state index in [-0.39, 0.29) is 29.7 Å². The predicted octanol–water partition coefficient (Wildman–Crippen LogP) is 2.12. The predicted molar refractivity (Wildman–Crippen MR) is 103 cm³/mol. The maximum atomic E-state index is 12.6. The molecule has 4 N–H and O–H groups in total.